The Balaban J connectivity index is 2.10. The fraction of sp³-hybridized carbons (Fsp3) is 0.263. The smallest absolute Gasteiger partial charge is 0.311 e. The molecule has 4 nitrogen and oxygen atoms in total. The van der Waals surface area contributed by atoms with E-state index >= 15 is 0 Å². The van der Waals surface area contributed by atoms with Crippen molar-refractivity contribution in [1.82, 2.24) is 4.40 Å². The minimum atomic E-state index is -0.313. The number of carbonyl (C=O) groups excluding carboxylic acids is 2. The van der Waals surface area contributed by atoms with Gasteiger partial charge in [0.2, 0.25) is 0 Å². The van der Waals surface area contributed by atoms with E-state index in [1.54, 1.807) is 0 Å². The van der Waals surface area contributed by atoms with Crippen molar-refractivity contribution in [3.63, 3.8) is 0 Å². The van der Waals surface area contributed by atoms with E-state index in [1.165, 1.54) is 24.0 Å². The molecule has 0 N–H and O–H groups in total. The highest BCUT2D eigenvalue weighted by atomic mass is 32.1. The molecular weight excluding hydrogens is 322 g/mol. The molecule has 0 saturated carbocycles. The molecule has 1 aromatic carbocycles. The average molecular weight is 341 g/mol. The Hall–Kier alpha value is -2.40. The highest BCUT2D eigenvalue weighted by molar-refractivity contribution is 7.15. The van der Waals surface area contributed by atoms with Crippen molar-refractivity contribution >= 4 is 28.4 Å². The van der Waals surface area contributed by atoms with E-state index in [1.807, 2.05) is 28.0 Å². The molecule has 24 heavy (non-hydrogen) atoms. The summed E-state index contributed by atoms with van der Waals surface area (Å²) >= 11 is 1.52. The van der Waals surface area contributed by atoms with Crippen LogP contribution >= 0.6 is 11.3 Å². The Morgan fingerprint density at radius 3 is 2.88 bits per heavy atom. The van der Waals surface area contributed by atoms with Crippen LogP contribution in [0.1, 0.15) is 35.1 Å². The van der Waals surface area contributed by atoms with Crippen LogP contribution in [0.4, 0.5) is 0 Å². The molecule has 2 aromatic heterocycles. The number of rotatable bonds is 6. The molecule has 0 atom stereocenters. The molecule has 0 aliphatic carbocycles. The van der Waals surface area contributed by atoms with Crippen LogP contribution < -0.4 is 0 Å². The first-order valence-corrected chi connectivity index (χ1v) is 8.79. The third kappa shape index (κ3) is 2.99. The van der Waals surface area contributed by atoms with Gasteiger partial charge in [0.05, 0.1) is 19.2 Å². The van der Waals surface area contributed by atoms with Gasteiger partial charge in [0, 0.05) is 16.6 Å². The zero-order valence-electron chi connectivity index (χ0n) is 13.7. The molecule has 0 fully saturated rings. The topological polar surface area (TPSA) is 47.8 Å². The molecule has 2 heterocycles. The second-order valence-corrected chi connectivity index (χ2v) is 6.55. The molecule has 5 heteroatoms. The predicted octanol–water partition coefficient (Wildman–Crippen LogP) is 4.15. The summed E-state index contributed by atoms with van der Waals surface area (Å²) in [6, 6.07) is 10.3. The van der Waals surface area contributed by atoms with E-state index in [9.17, 15) is 9.59 Å². The number of fused-ring (bicyclic) bond motifs is 1. The first-order chi connectivity index (χ1) is 11.7. The SMILES string of the molecule is CCCc1cccc(-c2cc3scc(CC(=O)OC)n3c2C=O)c1. The summed E-state index contributed by atoms with van der Waals surface area (Å²) in [6.07, 6.45) is 3.11. The molecule has 0 bridgehead atoms. The van der Waals surface area contributed by atoms with Gasteiger partial charge in [0.1, 0.15) is 4.83 Å². The molecular formula is C19H19NO3S. The molecule has 0 spiro atoms. The number of aldehydes is 1. The van der Waals surface area contributed by atoms with Crippen molar-refractivity contribution in [3.8, 4) is 11.1 Å². The van der Waals surface area contributed by atoms with E-state index in [0.29, 0.717) is 5.69 Å². The van der Waals surface area contributed by atoms with Crippen molar-refractivity contribution in [2.45, 2.75) is 26.2 Å². The Morgan fingerprint density at radius 2 is 2.17 bits per heavy atom. The number of hydrogen-bond donors (Lipinski definition) is 0. The predicted molar refractivity (Wildman–Crippen MR) is 95.8 cm³/mol. The zero-order chi connectivity index (χ0) is 17.1. The molecule has 0 unspecified atom stereocenters. The minimum Gasteiger partial charge on any atom is -0.469 e. The van der Waals surface area contributed by atoms with Gasteiger partial charge < -0.3 is 9.14 Å². The number of thiazole rings is 1. The number of benzene rings is 1. The lowest BCUT2D eigenvalue weighted by molar-refractivity contribution is -0.139. The van der Waals surface area contributed by atoms with Crippen LogP contribution in [-0.4, -0.2) is 23.8 Å². The quantitative estimate of drug-likeness (QED) is 0.500. The normalized spacial score (nSPS) is 10.9. The number of hydrogen-bond acceptors (Lipinski definition) is 4. The molecule has 0 aliphatic heterocycles. The van der Waals surface area contributed by atoms with Gasteiger partial charge in [0.25, 0.3) is 0 Å². The molecule has 0 aliphatic rings. The monoisotopic (exact) mass is 341 g/mol. The van der Waals surface area contributed by atoms with Crippen molar-refractivity contribution in [2.75, 3.05) is 7.11 Å². The van der Waals surface area contributed by atoms with Gasteiger partial charge in [-0.15, -0.1) is 11.3 Å². The van der Waals surface area contributed by atoms with Crippen molar-refractivity contribution in [3.05, 3.63) is 52.7 Å². The number of esters is 1. The van der Waals surface area contributed by atoms with Crippen LogP contribution in [0.5, 0.6) is 0 Å². The van der Waals surface area contributed by atoms with Gasteiger partial charge in [-0.2, -0.15) is 0 Å². The Kier molecular flexibility index (Phi) is 4.81. The second-order valence-electron chi connectivity index (χ2n) is 5.67. The Bertz CT molecular complexity index is 891. The maximum atomic E-state index is 11.8. The maximum absolute atomic E-state index is 11.8. The van der Waals surface area contributed by atoms with Gasteiger partial charge in [0.15, 0.2) is 6.29 Å². The summed E-state index contributed by atoms with van der Waals surface area (Å²) in [5.41, 5.74) is 4.55. The average Bonchev–Trinajstić information content (AvgIpc) is 3.15. The van der Waals surface area contributed by atoms with Gasteiger partial charge >= 0.3 is 5.97 Å². The van der Waals surface area contributed by atoms with Crippen LogP contribution in [0, 0.1) is 0 Å². The number of methoxy groups -OCH3 is 1. The van der Waals surface area contributed by atoms with E-state index < -0.39 is 0 Å². The zero-order valence-corrected chi connectivity index (χ0v) is 14.6. The summed E-state index contributed by atoms with van der Waals surface area (Å²) in [7, 11) is 1.37. The molecule has 0 saturated heterocycles. The fourth-order valence-corrected chi connectivity index (χ4v) is 3.89. The fourth-order valence-electron chi connectivity index (χ4n) is 2.94. The van der Waals surface area contributed by atoms with Crippen LogP contribution in [0.3, 0.4) is 0 Å². The molecule has 0 radical (unpaired) electrons. The largest absolute Gasteiger partial charge is 0.469 e. The summed E-state index contributed by atoms with van der Waals surface area (Å²) in [5, 5.41) is 1.90. The van der Waals surface area contributed by atoms with Crippen molar-refractivity contribution < 1.29 is 14.3 Å². The highest BCUT2D eigenvalue weighted by Crippen LogP contribution is 2.31. The van der Waals surface area contributed by atoms with Gasteiger partial charge in [-0.05, 0) is 23.6 Å². The number of ether oxygens (including phenoxy) is 1. The second kappa shape index (κ2) is 7.01. The van der Waals surface area contributed by atoms with Gasteiger partial charge in [-0.3, -0.25) is 9.59 Å². The number of aromatic nitrogens is 1. The van der Waals surface area contributed by atoms with Crippen molar-refractivity contribution in [2.24, 2.45) is 0 Å². The van der Waals surface area contributed by atoms with Crippen LogP contribution in [0.15, 0.2) is 35.7 Å². The summed E-state index contributed by atoms with van der Waals surface area (Å²) in [4.78, 5) is 24.3. The first kappa shape index (κ1) is 16.5. The van der Waals surface area contributed by atoms with E-state index in [-0.39, 0.29) is 12.4 Å². The summed E-state index contributed by atoms with van der Waals surface area (Å²) < 4.78 is 6.60. The highest BCUT2D eigenvalue weighted by Gasteiger charge is 2.17. The molecule has 3 rings (SSSR count). The first-order valence-electron chi connectivity index (χ1n) is 7.91. The summed E-state index contributed by atoms with van der Waals surface area (Å²) in [6.45, 7) is 2.15. The minimum absolute atomic E-state index is 0.154. The van der Waals surface area contributed by atoms with E-state index in [2.05, 4.69) is 19.1 Å². The van der Waals surface area contributed by atoms with E-state index in [0.717, 1.165) is 40.8 Å². The standard InChI is InChI=1S/C19H19NO3S/c1-3-5-13-6-4-7-14(8-13)16-10-18-20(17(16)11-21)15(12-24-18)9-19(22)23-2/h4,6-8,10-12H,3,5,9H2,1-2H3. The molecule has 124 valence electrons. The van der Waals surface area contributed by atoms with Gasteiger partial charge in [-0.25, -0.2) is 0 Å². The lowest BCUT2D eigenvalue weighted by atomic mass is 10.0. The third-order valence-electron chi connectivity index (χ3n) is 4.05. The molecule has 0 amide bonds. The number of carbonyl (C=O) groups is 2. The molecule has 3 aromatic rings. The number of aryl methyl sites for hydroxylation is 1. The van der Waals surface area contributed by atoms with Gasteiger partial charge in [-0.1, -0.05) is 37.6 Å². The summed E-state index contributed by atoms with van der Waals surface area (Å²) in [5.74, 6) is -0.313. The van der Waals surface area contributed by atoms with Crippen LogP contribution in [0.2, 0.25) is 0 Å². The lowest BCUT2D eigenvalue weighted by Gasteiger charge is -2.05. The van der Waals surface area contributed by atoms with Crippen molar-refractivity contribution in [1.29, 1.82) is 0 Å². The maximum Gasteiger partial charge on any atom is 0.311 e. The van der Waals surface area contributed by atoms with Crippen LogP contribution in [-0.2, 0) is 22.4 Å². The Labute approximate surface area is 144 Å². The Morgan fingerprint density at radius 1 is 1.33 bits per heavy atom. The van der Waals surface area contributed by atoms with E-state index in [4.69, 9.17) is 4.74 Å². The lowest BCUT2D eigenvalue weighted by Crippen LogP contribution is -2.07. The number of nitrogens with zero attached hydrogens (tertiary/aromatic N) is 1. The third-order valence-corrected chi connectivity index (χ3v) is 4.98. The van der Waals surface area contributed by atoms with Crippen LogP contribution in [0.25, 0.3) is 16.0 Å².